The molecular formula is C18H22N5O2S-. The van der Waals surface area contributed by atoms with Gasteiger partial charge < -0.3 is 18.6 Å². The van der Waals surface area contributed by atoms with Gasteiger partial charge in [0, 0.05) is 51.0 Å². The highest BCUT2D eigenvalue weighted by atomic mass is 32.2. The van der Waals surface area contributed by atoms with Gasteiger partial charge in [0.05, 0.1) is 6.61 Å². The molecule has 1 atom stereocenters. The van der Waals surface area contributed by atoms with Crippen LogP contribution in [0.5, 0.6) is 5.75 Å². The van der Waals surface area contributed by atoms with Gasteiger partial charge >= 0.3 is 0 Å². The number of anilines is 1. The molecule has 2 aromatic rings. The molecule has 0 radical (unpaired) electrons. The number of aromatic nitrogens is 2. The maximum absolute atomic E-state index is 11.1. The molecule has 0 amide bonds. The van der Waals surface area contributed by atoms with E-state index < -0.39 is 10.6 Å². The molecule has 1 saturated heterocycles. The minimum atomic E-state index is -1.79. The van der Waals surface area contributed by atoms with Gasteiger partial charge in [0.1, 0.15) is 5.75 Å². The van der Waals surface area contributed by atoms with Gasteiger partial charge in [-0.1, -0.05) is 17.0 Å². The molecule has 0 bridgehead atoms. The van der Waals surface area contributed by atoms with Gasteiger partial charge in [0.15, 0.2) is 0 Å². The van der Waals surface area contributed by atoms with Crippen molar-refractivity contribution in [1.82, 2.24) is 14.9 Å². The van der Waals surface area contributed by atoms with Crippen LogP contribution in [0.25, 0.3) is 0 Å². The van der Waals surface area contributed by atoms with Crippen LogP contribution in [0.1, 0.15) is 24.1 Å². The number of rotatable bonds is 4. The maximum Gasteiger partial charge on any atom is 0.225 e. The predicted molar refractivity (Wildman–Crippen MR) is 98.9 cm³/mol. The summed E-state index contributed by atoms with van der Waals surface area (Å²) in [7, 11) is -1.79. The summed E-state index contributed by atoms with van der Waals surface area (Å²) in [6.07, 6.45) is 3.96. The Bertz CT molecular complexity index is 852. The summed E-state index contributed by atoms with van der Waals surface area (Å²) in [5, 5.41) is 0. The van der Waals surface area contributed by atoms with E-state index in [1.54, 1.807) is 0 Å². The molecule has 1 aromatic carbocycles. The average Bonchev–Trinajstić information content (AvgIpc) is 3.15. The molecule has 138 valence electrons. The van der Waals surface area contributed by atoms with Crippen LogP contribution in [0, 0.1) is 4.78 Å². The molecule has 0 saturated carbocycles. The van der Waals surface area contributed by atoms with Gasteiger partial charge in [-0.2, -0.15) is 10.6 Å². The number of ether oxygens (including phenoxy) is 1. The molecule has 4 rings (SSSR count). The Morgan fingerprint density at radius 1 is 1.19 bits per heavy atom. The fraction of sp³-hybridized carbons (Fsp3) is 0.444. The van der Waals surface area contributed by atoms with Crippen molar-refractivity contribution in [2.45, 2.75) is 24.3 Å². The molecule has 1 fully saturated rings. The molecule has 8 heteroatoms. The molecule has 0 spiro atoms. The summed E-state index contributed by atoms with van der Waals surface area (Å²) >= 11 is 0. The zero-order valence-electron chi connectivity index (χ0n) is 14.7. The fourth-order valence-corrected chi connectivity index (χ4v) is 3.83. The van der Waals surface area contributed by atoms with Gasteiger partial charge in [-0.3, -0.25) is 4.90 Å². The van der Waals surface area contributed by atoms with Crippen molar-refractivity contribution in [3.05, 3.63) is 41.7 Å². The number of hydrogen-bond acceptors (Lipinski definition) is 8. The first kappa shape index (κ1) is 17.2. The van der Waals surface area contributed by atoms with E-state index in [0.29, 0.717) is 16.9 Å². The monoisotopic (exact) mass is 372 g/mol. The largest absolute Gasteiger partial charge is 0.493 e. The lowest BCUT2D eigenvalue weighted by Gasteiger charge is -2.38. The second-order valence-corrected chi connectivity index (χ2v) is 7.66. The lowest BCUT2D eigenvalue weighted by atomic mass is 10.0. The Morgan fingerprint density at radius 2 is 1.92 bits per heavy atom. The highest BCUT2D eigenvalue weighted by Crippen LogP contribution is 2.31. The van der Waals surface area contributed by atoms with E-state index in [4.69, 9.17) is 9.52 Å². The number of benzene rings is 1. The molecule has 1 unspecified atom stereocenters. The van der Waals surface area contributed by atoms with Crippen LogP contribution in [0.2, 0.25) is 0 Å². The first-order valence-corrected chi connectivity index (χ1v) is 9.96. The number of nitrogens with one attached hydrogen (secondary N) is 1. The van der Waals surface area contributed by atoms with Crippen molar-refractivity contribution < 1.29 is 8.95 Å². The van der Waals surface area contributed by atoms with Crippen LogP contribution in [-0.4, -0.2) is 47.7 Å². The van der Waals surface area contributed by atoms with Crippen molar-refractivity contribution in [2.75, 3.05) is 37.7 Å². The molecule has 7 nitrogen and oxygen atoms in total. The van der Waals surface area contributed by atoms with Crippen molar-refractivity contribution in [1.29, 1.82) is 4.78 Å². The zero-order chi connectivity index (χ0) is 18.1. The maximum atomic E-state index is 11.1. The van der Waals surface area contributed by atoms with Gasteiger partial charge in [-0.15, -0.1) is 0 Å². The Kier molecular flexibility index (Phi) is 4.78. The second-order valence-electron chi connectivity index (χ2n) is 6.65. The summed E-state index contributed by atoms with van der Waals surface area (Å²) < 4.78 is 24.0. The summed E-state index contributed by atoms with van der Waals surface area (Å²) in [5.41, 5.74) is 2.60. The minimum absolute atomic E-state index is 0.333. The molecule has 0 aliphatic carbocycles. The number of fused-ring (bicyclic) bond motifs is 1. The minimum Gasteiger partial charge on any atom is -0.493 e. The topological polar surface area (TPSA) is 82.4 Å². The van der Waals surface area contributed by atoms with E-state index in [0.717, 1.165) is 45.0 Å². The third-order valence-corrected chi connectivity index (χ3v) is 5.81. The van der Waals surface area contributed by atoms with Crippen LogP contribution >= 0.6 is 0 Å². The smallest absolute Gasteiger partial charge is 0.225 e. The second kappa shape index (κ2) is 7.20. The van der Waals surface area contributed by atoms with E-state index in [-0.39, 0.29) is 0 Å². The van der Waals surface area contributed by atoms with E-state index in [2.05, 4.69) is 44.9 Å². The third-order valence-electron chi connectivity index (χ3n) is 5.18. The van der Waals surface area contributed by atoms with E-state index in [1.807, 2.05) is 0 Å². The predicted octanol–water partition coefficient (Wildman–Crippen LogP) is 2.38. The average molecular weight is 372 g/mol. The van der Waals surface area contributed by atoms with Crippen LogP contribution in [0.4, 0.5) is 5.95 Å². The molecular weight excluding hydrogens is 350 g/mol. The SMILES string of the molecule is CC(c1ccc2c(c1)OCC2)N1CCN(c2ncc([S-](=N)=O)cn2)CC1. The lowest BCUT2D eigenvalue weighted by Crippen LogP contribution is -2.47. The summed E-state index contributed by atoms with van der Waals surface area (Å²) in [6, 6.07) is 6.92. The quantitative estimate of drug-likeness (QED) is 0.830. The summed E-state index contributed by atoms with van der Waals surface area (Å²) in [4.78, 5) is 13.4. The zero-order valence-corrected chi connectivity index (χ0v) is 15.5. The van der Waals surface area contributed by atoms with Crippen LogP contribution in [0.15, 0.2) is 35.5 Å². The highest BCUT2D eigenvalue weighted by molar-refractivity contribution is 7.73. The Hall–Kier alpha value is -2.19. The molecule has 26 heavy (non-hydrogen) atoms. The van der Waals surface area contributed by atoms with E-state index >= 15 is 0 Å². The standard InChI is InChI=1S/C18H22N5O2S/c1-13(15-3-2-14-4-9-25-17(14)10-15)22-5-7-23(8-6-22)18-20-11-16(12-21-18)26(19)24/h2-3,10-13,19H,4-9H2,1H3/q-1. The Balaban J connectivity index is 1.40. The van der Waals surface area contributed by atoms with E-state index in [1.165, 1.54) is 23.5 Å². The Morgan fingerprint density at radius 3 is 2.62 bits per heavy atom. The first-order valence-electron chi connectivity index (χ1n) is 8.81. The summed E-state index contributed by atoms with van der Waals surface area (Å²) in [6.45, 7) is 6.56. The third kappa shape index (κ3) is 3.39. The van der Waals surface area contributed by atoms with Gasteiger partial charge in [-0.25, -0.2) is 9.97 Å². The number of hydrogen-bond donors (Lipinski definition) is 1. The molecule has 2 aliphatic heterocycles. The van der Waals surface area contributed by atoms with Crippen molar-refractivity contribution in [3.63, 3.8) is 0 Å². The molecule has 2 aliphatic rings. The van der Waals surface area contributed by atoms with Crippen LogP contribution in [-0.2, 0) is 21.2 Å². The highest BCUT2D eigenvalue weighted by Gasteiger charge is 2.24. The molecule has 3 heterocycles. The summed E-state index contributed by atoms with van der Waals surface area (Å²) in [5.74, 6) is 1.67. The van der Waals surface area contributed by atoms with Crippen molar-refractivity contribution >= 4 is 16.5 Å². The van der Waals surface area contributed by atoms with Crippen LogP contribution < -0.4 is 9.64 Å². The van der Waals surface area contributed by atoms with E-state index in [9.17, 15) is 4.21 Å². The van der Waals surface area contributed by atoms with Crippen molar-refractivity contribution in [2.24, 2.45) is 0 Å². The van der Waals surface area contributed by atoms with Gasteiger partial charge in [0.25, 0.3) is 0 Å². The fourth-order valence-electron chi connectivity index (χ4n) is 3.53. The normalized spacial score (nSPS) is 18.6. The first-order chi connectivity index (χ1) is 12.6. The lowest BCUT2D eigenvalue weighted by molar-refractivity contribution is 0.197. The van der Waals surface area contributed by atoms with Crippen LogP contribution in [0.3, 0.4) is 0 Å². The van der Waals surface area contributed by atoms with Gasteiger partial charge in [0.2, 0.25) is 5.95 Å². The number of nitrogens with zero attached hydrogens (tertiary/aromatic N) is 4. The number of piperazine rings is 1. The molecule has 1 aromatic heterocycles. The van der Waals surface area contributed by atoms with Crippen molar-refractivity contribution in [3.8, 4) is 5.75 Å². The molecule has 1 N–H and O–H groups in total. The Labute approximate surface area is 155 Å². The van der Waals surface area contributed by atoms with Gasteiger partial charge in [-0.05, 0) is 24.1 Å².